The van der Waals surface area contributed by atoms with Crippen LogP contribution in [0.2, 0.25) is 0 Å². The van der Waals surface area contributed by atoms with Crippen LogP contribution in [-0.2, 0) is 105 Å². The molecule has 0 spiro atoms. The minimum Gasteiger partial charge on any atom is -0.447 e. The predicted octanol–water partition coefficient (Wildman–Crippen LogP) is 11.5. The number of carbonyl (C=O) groups excluding carboxylic acids is 6. The molecule has 0 saturated carbocycles. The van der Waals surface area contributed by atoms with Crippen molar-refractivity contribution in [2.24, 2.45) is 0 Å². The SMILES string of the molecule is [2H]c1c(C([2H])([2H])[C@]2([2H])NC(=O)OC2([2H])[2H])c([2H])c2c(C([2H])([2H])CN(C([2H])([2H])[2H])C([2H])([2H])[2H])c[nH]c2c1[2H].[2H]c1c(C([2H])([2H])[C@]2([2H])NC(=O)OC2([2H])[2H])c([2H])c2c(C([2H])([2H])CN(C)C([2H])([2H])[2H])c[nH]c2c1[2H].[2H]c1c(C([2H])([2H])[C@]2([2H])NC(=O)OC2([2H])[2H])c([2H])c2c(C([2H])([2H])CN(C)C)c[nH]c2c1[2H].[2H]c1c(C([2H])([2H])[C@]2([2H])NC(=O)OC2([2H])[2H])c([2H])c2c(CC([2H])([2H])N(C([2H])([2H])[2H])C([2H])([2H])[2H])c[nH]c2c1[2H].[2H]c1c(C([2H])([2H])[C@]2([2H])NC(=O)OC2([2H])[2H])c([2H])c2c(CC([2H])([2H])N(C)C([2H])([2H])[2H])c[nH]c2c1[2H].[2H]c1c(C([2H])([2H])[C@]2([2H])NC(=O)OC2([2H])[2H])c([2H])c2c(CC([2H])([2H])N(C)C)c[nH]c2c1[2H]. The number of benzene rings is 6. The number of aromatic nitrogens is 6. The van der Waals surface area contributed by atoms with Crippen molar-refractivity contribution in [1.82, 2.24) is 91.2 Å². The molecule has 672 valence electrons. The van der Waals surface area contributed by atoms with Crippen LogP contribution >= 0.6 is 0 Å². The lowest BCUT2D eigenvalue weighted by atomic mass is 10.0. The molecule has 6 aliphatic heterocycles. The van der Waals surface area contributed by atoms with Crippen molar-refractivity contribution in [2.45, 2.75) is 113 Å². The smallest absolute Gasteiger partial charge is 0.407 e. The number of H-pyrrole nitrogens is 6. The van der Waals surface area contributed by atoms with Gasteiger partial charge in [-0.25, -0.2) is 28.8 Å². The van der Waals surface area contributed by atoms with E-state index in [1.54, 1.807) is 50.9 Å². The van der Waals surface area contributed by atoms with Gasteiger partial charge in [-0.2, -0.15) is 0 Å². The van der Waals surface area contributed by atoms with Crippen molar-refractivity contribution in [3.63, 3.8) is 0 Å². The Kier molecular flexibility index (Phi) is 12.1. The number of rotatable bonds is 30. The number of amides is 6. The first kappa shape index (κ1) is 34.9. The van der Waals surface area contributed by atoms with Gasteiger partial charge >= 0.3 is 36.6 Å². The standard InChI is InChI=1S/6C16H21N3O2/c6*1-19(2)6-5-12-9-17-15-4-3-11(8-14(12)15)7-13-10-21-16(20)18-13/h6*3-4,8-9,13,17H,5-7,10H2,1-2H3,(H,18,20)/t6*13-/m000000/s1/i1D3,2D3,3D,4D,6D2,7D2,8D,10D2,13D;1D3,2D3,3D,4D,5D2,7D2,8D,10D2,13D;1D3,3D,4D,6D2,7D2,8D,10D2,13D;1D3,3D,4D,5D2,7D2,8D,10D2,13D;3D,4D,6D2,7D2,8D,10D2,13D;3D,4D,5D2,7D2,8D,10D2,13D. The van der Waals surface area contributed by atoms with Crippen molar-refractivity contribution >= 4 is 102 Å². The highest BCUT2D eigenvalue weighted by molar-refractivity contribution is 5.88. The maximum atomic E-state index is 11.7. The van der Waals surface area contributed by atoms with Gasteiger partial charge in [0, 0.05) is 199 Å². The fraction of sp³-hybridized carbons (Fsp3) is 0.438. The van der Waals surface area contributed by atoms with Gasteiger partial charge in [-0.1, -0.05) is 36.3 Å². The summed E-state index contributed by atoms with van der Waals surface area (Å²) in [5.74, 6) is 0. The summed E-state index contributed by atoms with van der Waals surface area (Å²) in [7, 11) is 8.54. The summed E-state index contributed by atoms with van der Waals surface area (Å²) in [4.78, 5) is 89.2. The summed E-state index contributed by atoms with van der Waals surface area (Å²) in [5, 5.41) is 8.87. The monoisotopic (exact) mass is 1800 g/mol. The van der Waals surface area contributed by atoms with Crippen LogP contribution in [-0.4, -0.2) is 295 Å². The van der Waals surface area contributed by atoms with Crippen molar-refractivity contribution in [3.05, 3.63) is 213 Å². The molecule has 18 rings (SSSR count). The lowest BCUT2D eigenvalue weighted by Crippen LogP contribution is -2.28. The molecule has 0 radical (unpaired) electrons. The average molecular weight is 1800 g/mol. The number of alkyl carbamates (subject to hydrolysis) is 6. The maximum Gasteiger partial charge on any atom is 0.407 e. The van der Waals surface area contributed by atoms with Crippen LogP contribution in [0.1, 0.15) is 174 Å². The topological polar surface area (TPSA) is 344 Å². The predicted molar refractivity (Wildman–Crippen MR) is 495 cm³/mol. The van der Waals surface area contributed by atoms with Crippen molar-refractivity contribution in [2.75, 3.05) is 163 Å². The Labute approximate surface area is 846 Å². The first-order valence-electron chi connectivity index (χ1n) is 75.2. The number of nitrogens with one attached hydrogen (secondary N) is 12. The van der Waals surface area contributed by atoms with Crippen molar-refractivity contribution in [1.29, 1.82) is 0 Å². The summed E-state index contributed by atoms with van der Waals surface area (Å²) in [6.45, 7) is -47.4. The second kappa shape index (κ2) is 43.7. The number of nitrogens with zero attached hydrogens (tertiary/aromatic N) is 6. The second-order valence-corrected chi connectivity index (χ2v) is 26.3. The maximum absolute atomic E-state index is 11.7. The molecule has 0 bridgehead atoms. The van der Waals surface area contributed by atoms with Gasteiger partial charge in [-0.15, -0.1) is 0 Å². The average Bonchev–Trinajstić information content (AvgIpc) is 1.54. The summed E-state index contributed by atoms with van der Waals surface area (Å²) >= 11 is 0. The summed E-state index contributed by atoms with van der Waals surface area (Å²) < 4.78 is 657. The minimum atomic E-state index is -3.41. The Bertz CT molecular complexity index is 9720. The van der Waals surface area contributed by atoms with Gasteiger partial charge in [0.15, 0.2) is 0 Å². The quantitative estimate of drug-likeness (QED) is 0.0186. The zero-order chi connectivity index (χ0) is 157. The van der Waals surface area contributed by atoms with Crippen molar-refractivity contribution in [3.8, 4) is 0 Å². The number of hydrogen-bond donors (Lipinski definition) is 12. The van der Waals surface area contributed by atoms with E-state index in [2.05, 4.69) is 58.3 Å². The van der Waals surface area contributed by atoms with E-state index in [-0.39, 0.29) is 111 Å². The summed E-state index contributed by atoms with van der Waals surface area (Å²) in [6.07, 6.45) is -30.4. The highest BCUT2D eigenvalue weighted by Crippen LogP contribution is 2.29. The van der Waals surface area contributed by atoms with Gasteiger partial charge in [0.25, 0.3) is 0 Å². The van der Waals surface area contributed by atoms with E-state index < -0.39 is 410 Å². The van der Waals surface area contributed by atoms with Crippen LogP contribution in [0, 0.1) is 0 Å². The van der Waals surface area contributed by atoms with Gasteiger partial charge in [-0.05, 0) is 300 Å². The molecular weight excluding hydrogens is 1600 g/mol. The van der Waals surface area contributed by atoms with Gasteiger partial charge < -0.3 is 120 Å². The number of cyclic esters (lactones) is 6. The zero-order valence-corrected chi connectivity index (χ0v) is 66.3. The molecule has 0 unspecified atom stereocenters. The first-order valence-corrected chi connectivity index (χ1v) is 36.2. The minimum absolute atomic E-state index is 0.000369. The number of aromatic amines is 6. The van der Waals surface area contributed by atoms with Crippen LogP contribution in [0.5, 0.6) is 0 Å². The van der Waals surface area contributed by atoms with Crippen LogP contribution in [0.25, 0.3) is 65.4 Å². The van der Waals surface area contributed by atoms with E-state index in [0.29, 0.717) is 4.90 Å². The molecule has 6 atom stereocenters. The number of likely N-dealkylation sites (N-methyl/N-ethyl adjacent to an activating group) is 6. The Hall–Kier alpha value is -12.1. The van der Waals surface area contributed by atoms with Crippen molar-refractivity contribution < 1.29 is 164 Å². The molecule has 30 heteroatoms. The Balaban J connectivity index is 0.000000196. The normalized spacial score (nSPS) is 35.1. The van der Waals surface area contributed by atoms with Crippen LogP contribution < -0.4 is 31.9 Å². The van der Waals surface area contributed by atoms with Gasteiger partial charge in [0.1, 0.15) is 39.4 Å². The molecule has 6 saturated heterocycles. The number of hydrogen-bond acceptors (Lipinski definition) is 18. The van der Waals surface area contributed by atoms with Crippen LogP contribution in [0.15, 0.2) is 146 Å². The molecule has 30 nitrogen and oxygen atoms in total. The number of carbonyl (C=O) groups is 6. The lowest BCUT2D eigenvalue weighted by molar-refractivity contribution is 0.176. The Morgan fingerprint density at radius 1 is 0.302 bits per heavy atom. The number of fused-ring (bicyclic) bond motifs is 6. The lowest BCUT2D eigenvalue weighted by Gasteiger charge is -2.09. The third-order valence-corrected chi connectivity index (χ3v) is 16.3. The second-order valence-electron chi connectivity index (χ2n) is 26.3. The van der Waals surface area contributed by atoms with Gasteiger partial charge in [0.05, 0.1) is 85.5 Å². The molecule has 12 heterocycles. The largest absolute Gasteiger partial charge is 0.447 e. The van der Waals surface area contributed by atoms with E-state index in [1.165, 1.54) is 37.6 Å². The molecule has 6 aromatic heterocycles. The molecular formula is C96H126N18O12. The number of aryl methyl sites for hydroxylation is 3. The first-order chi connectivity index (χ1) is 91.1. The van der Waals surface area contributed by atoms with E-state index in [1.807, 2.05) is 0 Å². The summed E-state index contributed by atoms with van der Waals surface area (Å²) in [6, 6.07) is -32.5. The van der Waals surface area contributed by atoms with Gasteiger partial charge in [-0.3, -0.25) is 0 Å². The summed E-state index contributed by atoms with van der Waals surface area (Å²) in [5.41, 5.74) is -7.28. The molecule has 6 amide bonds. The van der Waals surface area contributed by atoms with Crippen LogP contribution in [0.3, 0.4) is 0 Å². The highest BCUT2D eigenvalue weighted by Gasteiger charge is 2.29. The molecule has 126 heavy (non-hydrogen) atoms. The highest BCUT2D eigenvalue weighted by atomic mass is 16.6. The fourth-order valence-electron chi connectivity index (χ4n) is 10.8. The van der Waals surface area contributed by atoms with E-state index >= 15 is 0 Å². The Morgan fingerprint density at radius 3 is 0.738 bits per heavy atom. The van der Waals surface area contributed by atoms with Crippen LogP contribution in [0.4, 0.5) is 28.8 Å². The third-order valence-electron chi connectivity index (χ3n) is 16.3. The van der Waals surface area contributed by atoms with E-state index in [4.69, 9.17) is 107 Å². The molecule has 6 aliphatic rings. The third kappa shape index (κ3) is 26.5. The Morgan fingerprint density at radius 2 is 0.516 bits per heavy atom. The van der Waals surface area contributed by atoms with E-state index in [9.17, 15) is 28.8 Å². The molecule has 12 aromatic rings. The molecule has 6 aromatic carbocycles. The molecule has 6 fully saturated rings. The number of ether oxygens (including phenoxy) is 6. The fourth-order valence-corrected chi connectivity index (χ4v) is 10.8. The van der Waals surface area contributed by atoms with E-state index in [0.717, 1.165) is 37.6 Å². The molecule has 12 N–H and O–H groups in total. The zero-order valence-electron chi connectivity index (χ0n) is 144. The molecule has 0 aliphatic carbocycles. The van der Waals surface area contributed by atoms with Gasteiger partial charge in [0.2, 0.25) is 0 Å².